The maximum Gasteiger partial charge on any atom is 0.261 e. The Labute approximate surface area is 143 Å². The number of amides is 1. The molecule has 6 heteroatoms. The van der Waals surface area contributed by atoms with Gasteiger partial charge in [-0.1, -0.05) is 19.3 Å². The van der Waals surface area contributed by atoms with Crippen LogP contribution >= 0.6 is 11.3 Å². The van der Waals surface area contributed by atoms with Crippen molar-refractivity contribution >= 4 is 17.2 Å². The first-order valence-corrected chi connectivity index (χ1v) is 8.96. The summed E-state index contributed by atoms with van der Waals surface area (Å²) in [4.78, 5) is 12.9. The summed E-state index contributed by atoms with van der Waals surface area (Å²) >= 11 is 1.34. The number of ether oxygens (including phenoxy) is 1. The van der Waals surface area contributed by atoms with Gasteiger partial charge in [0.25, 0.3) is 5.91 Å². The Balaban J connectivity index is 1.55. The molecule has 1 fully saturated rings. The van der Waals surface area contributed by atoms with Crippen LogP contribution in [0.5, 0.6) is 5.75 Å². The Morgan fingerprint density at radius 3 is 2.75 bits per heavy atom. The van der Waals surface area contributed by atoms with Crippen molar-refractivity contribution in [3.05, 3.63) is 51.7 Å². The molecule has 3 nitrogen and oxygen atoms in total. The fraction of sp³-hybridized carbons (Fsp3) is 0.389. The second-order valence-electron chi connectivity index (χ2n) is 5.99. The van der Waals surface area contributed by atoms with Gasteiger partial charge in [-0.05, 0) is 36.4 Å². The van der Waals surface area contributed by atoms with Crippen LogP contribution in [0, 0.1) is 11.6 Å². The van der Waals surface area contributed by atoms with Gasteiger partial charge >= 0.3 is 0 Å². The van der Waals surface area contributed by atoms with Crippen molar-refractivity contribution in [1.29, 1.82) is 0 Å². The van der Waals surface area contributed by atoms with Crippen LogP contribution in [0.3, 0.4) is 0 Å². The van der Waals surface area contributed by atoms with Gasteiger partial charge in [-0.3, -0.25) is 4.79 Å². The third-order valence-electron chi connectivity index (χ3n) is 4.11. The van der Waals surface area contributed by atoms with Gasteiger partial charge in [0.15, 0.2) is 11.6 Å². The molecule has 1 N–H and O–H groups in total. The Kier molecular flexibility index (Phi) is 5.45. The van der Waals surface area contributed by atoms with E-state index in [0.717, 1.165) is 43.4 Å². The molecule has 2 aromatic rings. The minimum atomic E-state index is -0.736. The maximum absolute atomic E-state index is 13.5. The predicted octanol–water partition coefficient (Wildman–Crippen LogP) is 4.67. The average Bonchev–Trinajstić information content (AvgIpc) is 3.04. The van der Waals surface area contributed by atoms with E-state index < -0.39 is 11.6 Å². The summed E-state index contributed by atoms with van der Waals surface area (Å²) in [5.74, 6) is -1.44. The summed E-state index contributed by atoms with van der Waals surface area (Å²) in [6.45, 7) is 0.135. The summed E-state index contributed by atoms with van der Waals surface area (Å²) in [6, 6.07) is 5.21. The molecule has 0 unspecified atom stereocenters. The van der Waals surface area contributed by atoms with E-state index in [0.29, 0.717) is 4.88 Å². The number of hydrogen-bond donors (Lipinski definition) is 1. The first-order chi connectivity index (χ1) is 11.6. The molecule has 1 saturated carbocycles. The van der Waals surface area contributed by atoms with Crippen LogP contribution in [0.25, 0.3) is 0 Å². The topological polar surface area (TPSA) is 38.3 Å². The van der Waals surface area contributed by atoms with Gasteiger partial charge in [0, 0.05) is 17.7 Å². The molecule has 0 aliphatic heterocycles. The summed E-state index contributed by atoms with van der Waals surface area (Å²) in [5, 5.41) is 4.88. The molecule has 0 bridgehead atoms. The Morgan fingerprint density at radius 1 is 1.21 bits per heavy atom. The number of hydrogen-bond acceptors (Lipinski definition) is 3. The molecule has 128 valence electrons. The lowest BCUT2D eigenvalue weighted by molar-refractivity contribution is 0.0931. The van der Waals surface area contributed by atoms with Crippen LogP contribution < -0.4 is 10.1 Å². The van der Waals surface area contributed by atoms with Crippen molar-refractivity contribution in [3.8, 4) is 5.75 Å². The number of carbonyl (C=O) groups excluding carboxylic acids is 1. The van der Waals surface area contributed by atoms with Gasteiger partial charge in [-0.15, -0.1) is 11.3 Å². The third kappa shape index (κ3) is 4.32. The molecule has 0 radical (unpaired) electrons. The Morgan fingerprint density at radius 2 is 2.00 bits per heavy atom. The van der Waals surface area contributed by atoms with Crippen LogP contribution in [0.15, 0.2) is 29.6 Å². The van der Waals surface area contributed by atoms with Gasteiger partial charge in [-0.25, -0.2) is 8.78 Å². The van der Waals surface area contributed by atoms with E-state index in [2.05, 4.69) is 5.32 Å². The lowest BCUT2D eigenvalue weighted by Gasteiger charge is -2.22. The summed E-state index contributed by atoms with van der Waals surface area (Å²) in [5.41, 5.74) is 0.789. The van der Waals surface area contributed by atoms with Crippen molar-refractivity contribution in [3.63, 3.8) is 0 Å². The van der Waals surface area contributed by atoms with Crippen LogP contribution in [0.4, 0.5) is 8.78 Å². The van der Waals surface area contributed by atoms with Crippen LogP contribution in [-0.4, -0.2) is 11.9 Å². The molecule has 1 aromatic carbocycles. The zero-order chi connectivity index (χ0) is 16.9. The van der Waals surface area contributed by atoms with Gasteiger partial charge in [0.05, 0.1) is 4.88 Å². The first-order valence-electron chi connectivity index (χ1n) is 8.08. The van der Waals surface area contributed by atoms with Gasteiger partial charge < -0.3 is 10.1 Å². The quantitative estimate of drug-likeness (QED) is 0.850. The molecule has 24 heavy (non-hydrogen) atoms. The van der Waals surface area contributed by atoms with E-state index in [1.165, 1.54) is 23.8 Å². The normalized spacial score (nSPS) is 15.2. The zero-order valence-corrected chi connectivity index (χ0v) is 14.0. The van der Waals surface area contributed by atoms with E-state index in [1.54, 1.807) is 6.07 Å². The van der Waals surface area contributed by atoms with E-state index in [4.69, 9.17) is 4.74 Å². The van der Waals surface area contributed by atoms with Crippen molar-refractivity contribution in [1.82, 2.24) is 5.32 Å². The number of thiophene rings is 1. The molecule has 1 aliphatic rings. The second-order valence-corrected chi connectivity index (χ2v) is 6.90. The lowest BCUT2D eigenvalue weighted by atomic mass is 9.95. The fourth-order valence-electron chi connectivity index (χ4n) is 2.83. The van der Waals surface area contributed by atoms with Crippen molar-refractivity contribution in [2.45, 2.75) is 44.8 Å². The SMILES string of the molecule is O=C(NC1CCCCC1)c1cc(COc2ccc(F)cc2F)cs1. The highest BCUT2D eigenvalue weighted by molar-refractivity contribution is 7.12. The fourth-order valence-corrected chi connectivity index (χ4v) is 3.63. The molecule has 0 atom stereocenters. The third-order valence-corrected chi connectivity index (χ3v) is 5.08. The largest absolute Gasteiger partial charge is 0.486 e. The minimum Gasteiger partial charge on any atom is -0.486 e. The highest BCUT2D eigenvalue weighted by Crippen LogP contribution is 2.22. The minimum absolute atomic E-state index is 0.00388. The van der Waals surface area contributed by atoms with Gasteiger partial charge in [0.1, 0.15) is 12.4 Å². The second kappa shape index (κ2) is 7.75. The molecule has 1 heterocycles. The smallest absolute Gasteiger partial charge is 0.261 e. The molecular formula is C18H19F2NO2S. The van der Waals surface area contributed by atoms with Crippen LogP contribution in [0.1, 0.15) is 47.3 Å². The standard InChI is InChI=1S/C18H19F2NO2S/c19-13-6-7-16(15(20)9-13)23-10-12-8-17(24-11-12)18(22)21-14-4-2-1-3-5-14/h6-9,11,14H,1-5,10H2,(H,21,22). The van der Waals surface area contributed by atoms with Crippen molar-refractivity contribution in [2.24, 2.45) is 0 Å². The highest BCUT2D eigenvalue weighted by Gasteiger charge is 2.18. The number of rotatable bonds is 5. The molecule has 0 saturated heterocycles. The van der Waals surface area contributed by atoms with E-state index >= 15 is 0 Å². The Bertz CT molecular complexity index is 711. The summed E-state index contributed by atoms with van der Waals surface area (Å²) < 4.78 is 31.7. The number of carbonyl (C=O) groups is 1. The summed E-state index contributed by atoms with van der Waals surface area (Å²) in [6.07, 6.45) is 5.65. The van der Waals surface area contributed by atoms with E-state index in [-0.39, 0.29) is 24.3 Å². The monoisotopic (exact) mass is 351 g/mol. The zero-order valence-electron chi connectivity index (χ0n) is 13.2. The maximum atomic E-state index is 13.5. The molecule has 1 amide bonds. The number of halogens is 2. The Hall–Kier alpha value is -1.95. The van der Waals surface area contributed by atoms with E-state index in [9.17, 15) is 13.6 Å². The highest BCUT2D eigenvalue weighted by atomic mass is 32.1. The van der Waals surface area contributed by atoms with Crippen molar-refractivity contribution in [2.75, 3.05) is 0 Å². The number of benzene rings is 1. The number of nitrogens with one attached hydrogen (secondary N) is 1. The first kappa shape index (κ1) is 16.9. The summed E-state index contributed by atoms with van der Waals surface area (Å²) in [7, 11) is 0. The van der Waals surface area contributed by atoms with Crippen LogP contribution in [-0.2, 0) is 6.61 Å². The lowest BCUT2D eigenvalue weighted by Crippen LogP contribution is -2.35. The molecular weight excluding hydrogens is 332 g/mol. The van der Waals surface area contributed by atoms with Crippen molar-refractivity contribution < 1.29 is 18.3 Å². The molecule has 0 spiro atoms. The van der Waals surface area contributed by atoms with Gasteiger partial charge in [0.2, 0.25) is 0 Å². The van der Waals surface area contributed by atoms with Crippen LogP contribution in [0.2, 0.25) is 0 Å². The average molecular weight is 351 g/mol. The van der Waals surface area contributed by atoms with E-state index in [1.807, 2.05) is 5.38 Å². The molecule has 1 aliphatic carbocycles. The molecule has 1 aromatic heterocycles. The molecule has 3 rings (SSSR count). The predicted molar refractivity (Wildman–Crippen MR) is 89.3 cm³/mol. The van der Waals surface area contributed by atoms with Gasteiger partial charge in [-0.2, -0.15) is 0 Å².